The summed E-state index contributed by atoms with van der Waals surface area (Å²) in [6.07, 6.45) is 1.95. The molecule has 2 rings (SSSR count). The number of furan rings is 1. The summed E-state index contributed by atoms with van der Waals surface area (Å²) in [4.78, 5) is 0. The van der Waals surface area contributed by atoms with E-state index < -0.39 is 0 Å². The highest BCUT2D eigenvalue weighted by molar-refractivity contribution is 7.98. The van der Waals surface area contributed by atoms with Crippen molar-refractivity contribution in [3.05, 3.63) is 23.7 Å². The Bertz CT molecular complexity index is 305. The molecule has 0 saturated carbocycles. The van der Waals surface area contributed by atoms with Crippen molar-refractivity contribution in [1.29, 1.82) is 0 Å². The van der Waals surface area contributed by atoms with Crippen molar-refractivity contribution in [2.75, 3.05) is 19.0 Å². The quantitative estimate of drug-likeness (QED) is 0.718. The fourth-order valence-electron chi connectivity index (χ4n) is 1.62. The normalized spacial score (nSPS) is 17.1. The zero-order chi connectivity index (χ0) is 11.2. The Hall–Kier alpha value is -0.450. The van der Waals surface area contributed by atoms with Crippen molar-refractivity contribution in [2.45, 2.75) is 31.8 Å². The molecule has 0 bridgehead atoms. The van der Waals surface area contributed by atoms with E-state index in [1.807, 2.05) is 11.8 Å². The zero-order valence-electron chi connectivity index (χ0n) is 9.61. The van der Waals surface area contributed by atoms with Gasteiger partial charge in [-0.05, 0) is 17.9 Å². The van der Waals surface area contributed by atoms with E-state index in [0.29, 0.717) is 0 Å². The third kappa shape index (κ3) is 3.54. The van der Waals surface area contributed by atoms with E-state index in [1.165, 1.54) is 0 Å². The number of hydrogen-bond donors (Lipinski definition) is 0. The first-order valence-corrected chi connectivity index (χ1v) is 6.92. The van der Waals surface area contributed by atoms with Crippen LogP contribution < -0.4 is 0 Å². The summed E-state index contributed by atoms with van der Waals surface area (Å²) < 4.78 is 16.4. The molecule has 0 radical (unpaired) electrons. The molecule has 1 fully saturated rings. The smallest absolute Gasteiger partial charge is 0.158 e. The molecular formula is C12H18O3S. The van der Waals surface area contributed by atoms with Gasteiger partial charge in [-0.2, -0.15) is 11.8 Å². The number of rotatable bonds is 6. The van der Waals surface area contributed by atoms with Gasteiger partial charge in [-0.25, -0.2) is 0 Å². The Labute approximate surface area is 100 Å². The van der Waals surface area contributed by atoms with Crippen molar-refractivity contribution in [3.63, 3.8) is 0 Å². The highest BCUT2D eigenvalue weighted by Gasteiger charge is 2.14. The molecule has 2 heterocycles. The maximum atomic E-state index is 5.62. The lowest BCUT2D eigenvalue weighted by Gasteiger charge is -2.07. The van der Waals surface area contributed by atoms with Crippen LogP contribution in [-0.4, -0.2) is 25.3 Å². The van der Waals surface area contributed by atoms with Crippen LogP contribution in [-0.2, 0) is 21.6 Å². The minimum Gasteiger partial charge on any atom is -0.465 e. The molecule has 3 nitrogen and oxygen atoms in total. The molecule has 1 aromatic rings. The third-order valence-electron chi connectivity index (χ3n) is 2.50. The van der Waals surface area contributed by atoms with Gasteiger partial charge in [-0.1, -0.05) is 6.92 Å². The number of aryl methyl sites for hydroxylation is 1. The average molecular weight is 242 g/mol. The van der Waals surface area contributed by atoms with E-state index in [9.17, 15) is 0 Å². The Kier molecular flexibility index (Phi) is 4.75. The molecule has 0 aliphatic carbocycles. The van der Waals surface area contributed by atoms with Gasteiger partial charge in [0.15, 0.2) is 6.29 Å². The molecule has 0 unspecified atom stereocenters. The summed E-state index contributed by atoms with van der Waals surface area (Å²) in [5.74, 6) is 4.12. The van der Waals surface area contributed by atoms with Crippen LogP contribution in [0.5, 0.6) is 0 Å². The molecule has 16 heavy (non-hydrogen) atoms. The van der Waals surface area contributed by atoms with E-state index in [0.717, 1.165) is 49.1 Å². The molecule has 1 aliphatic rings. The lowest BCUT2D eigenvalue weighted by Crippen LogP contribution is -2.08. The van der Waals surface area contributed by atoms with E-state index in [2.05, 4.69) is 19.1 Å². The molecule has 0 atom stereocenters. The summed E-state index contributed by atoms with van der Waals surface area (Å²) in [5.41, 5.74) is 0. The van der Waals surface area contributed by atoms with Gasteiger partial charge < -0.3 is 13.9 Å². The van der Waals surface area contributed by atoms with E-state index in [-0.39, 0.29) is 6.29 Å². The van der Waals surface area contributed by atoms with E-state index in [1.54, 1.807) is 0 Å². The second-order valence-electron chi connectivity index (χ2n) is 3.73. The van der Waals surface area contributed by atoms with Crippen LogP contribution in [0.4, 0.5) is 0 Å². The van der Waals surface area contributed by atoms with Crippen LogP contribution in [0, 0.1) is 0 Å². The number of hydrogen-bond acceptors (Lipinski definition) is 4. The first-order valence-electron chi connectivity index (χ1n) is 5.77. The standard InChI is InChI=1S/C12H18O3S/c1-2-10-3-4-11(15-10)9-16-8-5-12-13-6-7-14-12/h3-4,12H,2,5-9H2,1H3. The first kappa shape index (κ1) is 12.0. The Morgan fingerprint density at radius 1 is 1.25 bits per heavy atom. The van der Waals surface area contributed by atoms with Gasteiger partial charge in [0.2, 0.25) is 0 Å². The van der Waals surface area contributed by atoms with Crippen molar-refractivity contribution < 1.29 is 13.9 Å². The predicted molar refractivity (Wildman–Crippen MR) is 64.6 cm³/mol. The van der Waals surface area contributed by atoms with E-state index >= 15 is 0 Å². The van der Waals surface area contributed by atoms with Crippen LogP contribution in [0.3, 0.4) is 0 Å². The minimum absolute atomic E-state index is 0.0234. The molecule has 1 aromatic heterocycles. The summed E-state index contributed by atoms with van der Waals surface area (Å²) in [6.45, 7) is 3.59. The third-order valence-corrected chi connectivity index (χ3v) is 3.51. The average Bonchev–Trinajstić information content (AvgIpc) is 2.95. The summed E-state index contributed by atoms with van der Waals surface area (Å²) in [6, 6.07) is 4.12. The molecule has 4 heteroatoms. The SMILES string of the molecule is CCc1ccc(CSCCC2OCCO2)o1. The topological polar surface area (TPSA) is 31.6 Å². The maximum absolute atomic E-state index is 5.62. The summed E-state index contributed by atoms with van der Waals surface area (Å²) >= 11 is 1.86. The highest BCUT2D eigenvalue weighted by atomic mass is 32.2. The molecule has 1 saturated heterocycles. The minimum atomic E-state index is 0.0234. The molecule has 90 valence electrons. The largest absolute Gasteiger partial charge is 0.465 e. The van der Waals surface area contributed by atoms with E-state index in [4.69, 9.17) is 13.9 Å². The monoisotopic (exact) mass is 242 g/mol. The van der Waals surface area contributed by atoms with Gasteiger partial charge in [-0.3, -0.25) is 0 Å². The molecule has 1 aliphatic heterocycles. The molecular weight excluding hydrogens is 224 g/mol. The van der Waals surface area contributed by atoms with Gasteiger partial charge in [0.1, 0.15) is 11.5 Å². The molecule has 0 amide bonds. The van der Waals surface area contributed by atoms with Gasteiger partial charge in [0.25, 0.3) is 0 Å². The lowest BCUT2D eigenvalue weighted by atomic mass is 10.4. The van der Waals surface area contributed by atoms with Crippen molar-refractivity contribution in [2.24, 2.45) is 0 Å². The van der Waals surface area contributed by atoms with Gasteiger partial charge in [-0.15, -0.1) is 0 Å². The van der Waals surface area contributed by atoms with Crippen LogP contribution in [0.25, 0.3) is 0 Å². The molecule has 0 aromatic carbocycles. The van der Waals surface area contributed by atoms with Crippen molar-refractivity contribution in [1.82, 2.24) is 0 Å². The predicted octanol–water partition coefficient (Wildman–Crippen LogP) is 2.84. The second kappa shape index (κ2) is 6.33. The van der Waals surface area contributed by atoms with Crippen LogP contribution in [0.2, 0.25) is 0 Å². The fourth-order valence-corrected chi connectivity index (χ4v) is 2.48. The number of ether oxygens (including phenoxy) is 2. The first-order chi connectivity index (χ1) is 7.88. The van der Waals surface area contributed by atoms with Gasteiger partial charge in [0, 0.05) is 12.8 Å². The van der Waals surface area contributed by atoms with Crippen molar-refractivity contribution in [3.8, 4) is 0 Å². The molecule has 0 N–H and O–H groups in total. The summed E-state index contributed by atoms with van der Waals surface area (Å²) in [7, 11) is 0. The molecule has 0 spiro atoms. The highest BCUT2D eigenvalue weighted by Crippen LogP contribution is 2.18. The van der Waals surface area contributed by atoms with Gasteiger partial charge in [0.05, 0.1) is 19.0 Å². The number of thioether (sulfide) groups is 1. The van der Waals surface area contributed by atoms with Crippen LogP contribution >= 0.6 is 11.8 Å². The van der Waals surface area contributed by atoms with Crippen LogP contribution in [0.15, 0.2) is 16.5 Å². The Morgan fingerprint density at radius 2 is 2.00 bits per heavy atom. The zero-order valence-corrected chi connectivity index (χ0v) is 10.4. The maximum Gasteiger partial charge on any atom is 0.158 e. The second-order valence-corrected chi connectivity index (χ2v) is 4.84. The Morgan fingerprint density at radius 3 is 2.69 bits per heavy atom. The van der Waals surface area contributed by atoms with Gasteiger partial charge >= 0.3 is 0 Å². The lowest BCUT2D eigenvalue weighted by molar-refractivity contribution is -0.0421. The summed E-state index contributed by atoms with van der Waals surface area (Å²) in [5, 5.41) is 0. The fraction of sp³-hybridized carbons (Fsp3) is 0.667. The van der Waals surface area contributed by atoms with Crippen molar-refractivity contribution >= 4 is 11.8 Å². The van der Waals surface area contributed by atoms with Crippen LogP contribution in [0.1, 0.15) is 24.9 Å². The Balaban J connectivity index is 1.60.